The van der Waals surface area contributed by atoms with Gasteiger partial charge in [0.05, 0.1) is 16.4 Å². The molecule has 0 saturated carbocycles. The molecule has 1 amide bonds. The standard InChI is InChI=1S/C30H29ClN4O/c1-23-13-15-25(16-14-23)35-29(22-28(32-35)26-11-5-6-12-27(26)31)30(36)34-20-18-33(19-21-34)17-7-10-24-8-3-2-4-9-24/h2-16,22H,17-21H2,1H3/b10-7+. The molecule has 1 aliphatic heterocycles. The molecule has 0 bridgehead atoms. The summed E-state index contributed by atoms with van der Waals surface area (Å²) in [5.74, 6) is -0.0131. The van der Waals surface area contributed by atoms with Crippen molar-refractivity contribution >= 4 is 23.6 Å². The van der Waals surface area contributed by atoms with Gasteiger partial charge in [0.25, 0.3) is 5.91 Å². The Bertz CT molecular complexity index is 1350. The van der Waals surface area contributed by atoms with Gasteiger partial charge in [0.2, 0.25) is 0 Å². The second kappa shape index (κ2) is 10.9. The molecule has 2 heterocycles. The Labute approximate surface area is 217 Å². The second-order valence-electron chi connectivity index (χ2n) is 9.05. The molecule has 5 nitrogen and oxygen atoms in total. The number of hydrogen-bond acceptors (Lipinski definition) is 3. The third kappa shape index (κ3) is 5.43. The second-order valence-corrected chi connectivity index (χ2v) is 9.46. The highest BCUT2D eigenvalue weighted by Gasteiger charge is 2.26. The number of carbonyl (C=O) groups excluding carboxylic acids is 1. The van der Waals surface area contributed by atoms with E-state index in [2.05, 4.69) is 29.2 Å². The highest BCUT2D eigenvalue weighted by atomic mass is 35.5. The van der Waals surface area contributed by atoms with Crippen molar-refractivity contribution in [2.24, 2.45) is 0 Å². The van der Waals surface area contributed by atoms with Crippen LogP contribution in [-0.4, -0.2) is 58.2 Å². The maximum Gasteiger partial charge on any atom is 0.272 e. The summed E-state index contributed by atoms with van der Waals surface area (Å²) < 4.78 is 1.75. The molecule has 1 fully saturated rings. The summed E-state index contributed by atoms with van der Waals surface area (Å²) in [5, 5.41) is 5.42. The van der Waals surface area contributed by atoms with Crippen LogP contribution >= 0.6 is 11.6 Å². The lowest BCUT2D eigenvalue weighted by atomic mass is 10.1. The van der Waals surface area contributed by atoms with Gasteiger partial charge in [-0.25, -0.2) is 4.68 Å². The van der Waals surface area contributed by atoms with E-state index in [1.54, 1.807) is 4.68 Å². The molecule has 182 valence electrons. The van der Waals surface area contributed by atoms with Crippen molar-refractivity contribution in [2.45, 2.75) is 6.92 Å². The van der Waals surface area contributed by atoms with E-state index < -0.39 is 0 Å². The Kier molecular flexibility index (Phi) is 7.31. The van der Waals surface area contributed by atoms with Crippen molar-refractivity contribution in [2.75, 3.05) is 32.7 Å². The smallest absolute Gasteiger partial charge is 0.272 e. The minimum absolute atomic E-state index is 0.0131. The summed E-state index contributed by atoms with van der Waals surface area (Å²) in [7, 11) is 0. The molecule has 1 saturated heterocycles. The fourth-order valence-corrected chi connectivity index (χ4v) is 4.65. The van der Waals surface area contributed by atoms with Crippen molar-refractivity contribution in [3.63, 3.8) is 0 Å². The lowest BCUT2D eigenvalue weighted by Crippen LogP contribution is -2.49. The number of rotatable bonds is 6. The van der Waals surface area contributed by atoms with E-state index in [1.165, 1.54) is 5.56 Å². The van der Waals surface area contributed by atoms with Gasteiger partial charge in [-0.2, -0.15) is 5.10 Å². The molecule has 3 aromatic carbocycles. The van der Waals surface area contributed by atoms with E-state index in [0.717, 1.165) is 36.4 Å². The van der Waals surface area contributed by atoms with E-state index in [9.17, 15) is 4.79 Å². The Morgan fingerprint density at radius 1 is 0.917 bits per heavy atom. The molecule has 6 heteroatoms. The van der Waals surface area contributed by atoms with Gasteiger partial charge in [-0.1, -0.05) is 90.0 Å². The summed E-state index contributed by atoms with van der Waals surface area (Å²) in [6.07, 6.45) is 4.34. The van der Waals surface area contributed by atoms with Crippen LogP contribution in [0.5, 0.6) is 0 Å². The maximum atomic E-state index is 13.7. The first-order valence-electron chi connectivity index (χ1n) is 12.2. The molecule has 0 aliphatic carbocycles. The molecule has 4 aromatic rings. The topological polar surface area (TPSA) is 41.4 Å². The lowest BCUT2D eigenvalue weighted by Gasteiger charge is -2.34. The minimum atomic E-state index is -0.0131. The predicted octanol–water partition coefficient (Wildman–Crippen LogP) is 5.97. The molecule has 0 atom stereocenters. The molecular formula is C30H29ClN4O. The fourth-order valence-electron chi connectivity index (χ4n) is 4.41. The number of piperazine rings is 1. The first-order valence-corrected chi connectivity index (χ1v) is 12.6. The molecule has 0 unspecified atom stereocenters. The number of halogens is 1. The van der Waals surface area contributed by atoms with Crippen LogP contribution in [0, 0.1) is 6.92 Å². The molecule has 0 radical (unpaired) electrons. The first kappa shape index (κ1) is 24.0. The van der Waals surface area contributed by atoms with Crippen molar-refractivity contribution in [3.05, 3.63) is 113 Å². The van der Waals surface area contributed by atoms with Gasteiger partial charge in [0.15, 0.2) is 0 Å². The largest absolute Gasteiger partial charge is 0.335 e. The van der Waals surface area contributed by atoms with Crippen molar-refractivity contribution < 1.29 is 4.79 Å². The van der Waals surface area contributed by atoms with Gasteiger partial charge in [0, 0.05) is 38.3 Å². The number of aromatic nitrogens is 2. The van der Waals surface area contributed by atoms with Gasteiger partial charge in [-0.15, -0.1) is 0 Å². The molecule has 5 rings (SSSR count). The highest BCUT2D eigenvalue weighted by molar-refractivity contribution is 6.33. The molecule has 1 aromatic heterocycles. The number of benzene rings is 3. The Hall–Kier alpha value is -3.67. The van der Waals surface area contributed by atoms with Crippen LogP contribution in [-0.2, 0) is 0 Å². The summed E-state index contributed by atoms with van der Waals surface area (Å²) in [6.45, 7) is 5.94. The summed E-state index contributed by atoms with van der Waals surface area (Å²) >= 11 is 6.46. The van der Waals surface area contributed by atoms with Crippen molar-refractivity contribution in [3.8, 4) is 16.9 Å². The van der Waals surface area contributed by atoms with Gasteiger partial charge in [0.1, 0.15) is 5.69 Å². The number of hydrogen-bond donors (Lipinski definition) is 0. The Balaban J connectivity index is 1.33. The Morgan fingerprint density at radius 2 is 1.61 bits per heavy atom. The monoisotopic (exact) mass is 496 g/mol. The molecular weight excluding hydrogens is 468 g/mol. The van der Waals surface area contributed by atoms with Crippen molar-refractivity contribution in [1.82, 2.24) is 19.6 Å². The van der Waals surface area contributed by atoms with Crippen LogP contribution in [0.3, 0.4) is 0 Å². The molecule has 0 spiro atoms. The zero-order valence-corrected chi connectivity index (χ0v) is 21.1. The lowest BCUT2D eigenvalue weighted by molar-refractivity contribution is 0.0641. The average molecular weight is 497 g/mol. The fraction of sp³-hybridized carbons (Fsp3) is 0.200. The van der Waals surface area contributed by atoms with Gasteiger partial charge in [-0.05, 0) is 36.8 Å². The van der Waals surface area contributed by atoms with E-state index >= 15 is 0 Å². The van der Waals surface area contributed by atoms with Crippen LogP contribution in [0.4, 0.5) is 0 Å². The SMILES string of the molecule is Cc1ccc(-n2nc(-c3ccccc3Cl)cc2C(=O)N2CCN(C/C=C/c3ccccc3)CC2)cc1. The molecule has 1 aliphatic rings. The minimum Gasteiger partial charge on any atom is -0.335 e. The van der Waals surface area contributed by atoms with Gasteiger partial charge < -0.3 is 4.90 Å². The van der Waals surface area contributed by atoms with Gasteiger partial charge >= 0.3 is 0 Å². The Morgan fingerprint density at radius 3 is 2.33 bits per heavy atom. The van der Waals surface area contributed by atoms with Crippen LogP contribution in [0.2, 0.25) is 5.02 Å². The number of nitrogens with zero attached hydrogens (tertiary/aromatic N) is 4. The summed E-state index contributed by atoms with van der Waals surface area (Å²) in [5.41, 5.74) is 5.26. The van der Waals surface area contributed by atoms with Gasteiger partial charge in [-0.3, -0.25) is 9.69 Å². The van der Waals surface area contributed by atoms with Crippen LogP contribution < -0.4 is 0 Å². The number of carbonyl (C=O) groups is 1. The first-order chi connectivity index (χ1) is 17.6. The highest BCUT2D eigenvalue weighted by Crippen LogP contribution is 2.29. The van der Waals surface area contributed by atoms with E-state index in [0.29, 0.717) is 29.5 Å². The predicted molar refractivity (Wildman–Crippen MR) is 147 cm³/mol. The quantitative estimate of drug-likeness (QED) is 0.330. The van der Waals surface area contributed by atoms with Crippen LogP contribution in [0.25, 0.3) is 23.0 Å². The third-order valence-corrected chi connectivity index (χ3v) is 6.82. The van der Waals surface area contributed by atoms with E-state index in [-0.39, 0.29) is 5.91 Å². The molecule has 36 heavy (non-hydrogen) atoms. The summed E-state index contributed by atoms with van der Waals surface area (Å²) in [6, 6.07) is 27.8. The third-order valence-electron chi connectivity index (χ3n) is 6.49. The van der Waals surface area contributed by atoms with Crippen molar-refractivity contribution in [1.29, 1.82) is 0 Å². The number of amides is 1. The van der Waals surface area contributed by atoms with Crippen LogP contribution in [0.1, 0.15) is 21.6 Å². The molecule has 0 N–H and O–H groups in total. The zero-order chi connectivity index (χ0) is 24.9. The summed E-state index contributed by atoms with van der Waals surface area (Å²) in [4.78, 5) is 18.0. The zero-order valence-electron chi connectivity index (χ0n) is 20.3. The normalized spacial score (nSPS) is 14.4. The number of aryl methyl sites for hydroxylation is 1. The van der Waals surface area contributed by atoms with E-state index in [1.807, 2.05) is 84.6 Å². The van der Waals surface area contributed by atoms with Crippen LogP contribution in [0.15, 0.2) is 91.0 Å². The average Bonchev–Trinajstić information content (AvgIpc) is 3.35. The van der Waals surface area contributed by atoms with E-state index in [4.69, 9.17) is 16.7 Å². The maximum absolute atomic E-state index is 13.7.